The number of nitrogens with zero attached hydrogens (tertiary/aromatic N) is 1. The smallest absolute Gasteiger partial charge is 0.238 e. The lowest BCUT2D eigenvalue weighted by atomic mass is 9.89. The van der Waals surface area contributed by atoms with Crippen molar-refractivity contribution < 1.29 is 8.42 Å². The number of benzene rings is 1. The zero-order valence-corrected chi connectivity index (χ0v) is 12.5. The van der Waals surface area contributed by atoms with E-state index < -0.39 is 10.0 Å². The first kappa shape index (κ1) is 13.9. The average molecular weight is 295 g/mol. The van der Waals surface area contributed by atoms with Crippen molar-refractivity contribution >= 4 is 15.7 Å². The number of rotatable bonds is 3. The number of primary sulfonamides is 1. The SMILES string of the molecule is CC1(CN2CCc3cc(S(N)(=O)=O)ccc32)CCNC1. The molecule has 3 rings (SSSR count). The molecule has 1 aromatic carbocycles. The van der Waals surface area contributed by atoms with Crippen LogP contribution in [0.4, 0.5) is 5.69 Å². The molecule has 0 saturated carbocycles. The van der Waals surface area contributed by atoms with E-state index in [9.17, 15) is 8.42 Å². The highest BCUT2D eigenvalue weighted by molar-refractivity contribution is 7.89. The van der Waals surface area contributed by atoms with Gasteiger partial charge in [0.1, 0.15) is 0 Å². The molecule has 1 atom stereocenters. The number of fused-ring (bicyclic) bond motifs is 1. The Bertz CT molecular complexity index is 621. The number of sulfonamides is 1. The normalized spacial score (nSPS) is 26.0. The molecule has 110 valence electrons. The van der Waals surface area contributed by atoms with E-state index in [2.05, 4.69) is 17.1 Å². The summed E-state index contributed by atoms with van der Waals surface area (Å²) in [5.74, 6) is 0. The molecule has 0 amide bonds. The second kappa shape index (κ2) is 4.72. The van der Waals surface area contributed by atoms with Crippen molar-refractivity contribution in [2.75, 3.05) is 31.1 Å². The van der Waals surface area contributed by atoms with Gasteiger partial charge < -0.3 is 10.2 Å². The van der Waals surface area contributed by atoms with E-state index in [1.165, 1.54) is 6.42 Å². The Hall–Kier alpha value is -1.11. The van der Waals surface area contributed by atoms with Crippen LogP contribution in [0.15, 0.2) is 23.1 Å². The Morgan fingerprint density at radius 3 is 2.90 bits per heavy atom. The summed E-state index contributed by atoms with van der Waals surface area (Å²) in [5, 5.41) is 8.61. The van der Waals surface area contributed by atoms with Crippen molar-refractivity contribution in [1.29, 1.82) is 0 Å². The molecule has 20 heavy (non-hydrogen) atoms. The fourth-order valence-corrected chi connectivity index (χ4v) is 3.82. The Morgan fingerprint density at radius 1 is 1.45 bits per heavy atom. The molecule has 1 fully saturated rings. The zero-order valence-electron chi connectivity index (χ0n) is 11.7. The molecule has 1 unspecified atom stereocenters. The van der Waals surface area contributed by atoms with Crippen molar-refractivity contribution in [3.8, 4) is 0 Å². The summed E-state index contributed by atoms with van der Waals surface area (Å²) in [6.07, 6.45) is 2.08. The summed E-state index contributed by atoms with van der Waals surface area (Å²) < 4.78 is 22.8. The molecule has 2 aliphatic rings. The molecule has 5 nitrogen and oxygen atoms in total. The maximum atomic E-state index is 11.4. The molecule has 0 spiro atoms. The Balaban J connectivity index is 1.84. The molecular weight excluding hydrogens is 274 g/mol. The van der Waals surface area contributed by atoms with Crippen LogP contribution in [0.1, 0.15) is 18.9 Å². The first-order valence-electron chi connectivity index (χ1n) is 6.99. The fourth-order valence-electron chi connectivity index (χ4n) is 3.25. The van der Waals surface area contributed by atoms with Crippen LogP contribution in [0.3, 0.4) is 0 Å². The highest BCUT2D eigenvalue weighted by Crippen LogP contribution is 2.34. The molecule has 2 heterocycles. The largest absolute Gasteiger partial charge is 0.370 e. The molecule has 2 aliphatic heterocycles. The van der Waals surface area contributed by atoms with Crippen LogP contribution in [-0.4, -0.2) is 34.6 Å². The number of nitrogens with two attached hydrogens (primary N) is 1. The Morgan fingerprint density at radius 2 is 2.25 bits per heavy atom. The van der Waals surface area contributed by atoms with Gasteiger partial charge in [-0.3, -0.25) is 0 Å². The molecule has 0 aromatic heterocycles. The van der Waals surface area contributed by atoms with Gasteiger partial charge in [0.2, 0.25) is 10.0 Å². The van der Waals surface area contributed by atoms with E-state index in [1.807, 2.05) is 6.07 Å². The first-order valence-corrected chi connectivity index (χ1v) is 8.53. The van der Waals surface area contributed by atoms with Gasteiger partial charge in [-0.25, -0.2) is 13.6 Å². The van der Waals surface area contributed by atoms with Gasteiger partial charge in [-0.15, -0.1) is 0 Å². The Labute approximate surface area is 120 Å². The van der Waals surface area contributed by atoms with Crippen LogP contribution in [-0.2, 0) is 16.4 Å². The van der Waals surface area contributed by atoms with E-state index in [4.69, 9.17) is 5.14 Å². The summed E-state index contributed by atoms with van der Waals surface area (Å²) in [7, 11) is -3.60. The lowest BCUT2D eigenvalue weighted by Crippen LogP contribution is -2.36. The second-order valence-corrected chi connectivity index (χ2v) is 7.81. The number of hydrogen-bond donors (Lipinski definition) is 2. The lowest BCUT2D eigenvalue weighted by molar-refractivity contribution is 0.367. The highest BCUT2D eigenvalue weighted by atomic mass is 32.2. The minimum Gasteiger partial charge on any atom is -0.370 e. The summed E-state index contributed by atoms with van der Waals surface area (Å²) in [6.45, 7) is 6.42. The molecule has 0 aliphatic carbocycles. The van der Waals surface area contributed by atoms with Gasteiger partial charge in [0, 0.05) is 25.3 Å². The topological polar surface area (TPSA) is 75.4 Å². The molecule has 0 radical (unpaired) electrons. The number of anilines is 1. The van der Waals surface area contributed by atoms with E-state index in [0.717, 1.165) is 43.9 Å². The predicted molar refractivity (Wildman–Crippen MR) is 79.3 cm³/mol. The summed E-state index contributed by atoms with van der Waals surface area (Å²) in [5.41, 5.74) is 2.55. The molecular formula is C14H21N3O2S. The minimum absolute atomic E-state index is 0.215. The van der Waals surface area contributed by atoms with Crippen molar-refractivity contribution in [3.05, 3.63) is 23.8 Å². The number of hydrogen-bond acceptors (Lipinski definition) is 4. The van der Waals surface area contributed by atoms with Gasteiger partial charge in [-0.1, -0.05) is 6.92 Å². The molecule has 1 aromatic rings. The lowest BCUT2D eigenvalue weighted by Gasteiger charge is -2.31. The maximum Gasteiger partial charge on any atom is 0.238 e. The fraction of sp³-hybridized carbons (Fsp3) is 0.571. The van der Waals surface area contributed by atoms with Crippen LogP contribution in [0.2, 0.25) is 0 Å². The third-order valence-corrected chi connectivity index (χ3v) is 5.31. The quantitative estimate of drug-likeness (QED) is 0.860. The predicted octanol–water partition coefficient (Wildman–Crippen LogP) is 0.696. The van der Waals surface area contributed by atoms with Gasteiger partial charge >= 0.3 is 0 Å². The molecule has 1 saturated heterocycles. The van der Waals surface area contributed by atoms with Gasteiger partial charge in [0.05, 0.1) is 4.90 Å². The van der Waals surface area contributed by atoms with Gasteiger partial charge in [-0.05, 0) is 48.6 Å². The van der Waals surface area contributed by atoms with Crippen molar-refractivity contribution in [1.82, 2.24) is 5.32 Å². The van der Waals surface area contributed by atoms with Gasteiger partial charge in [0.15, 0.2) is 0 Å². The standard InChI is InChI=1S/C14H21N3O2S/c1-14(5-6-16-9-14)10-17-7-4-11-8-12(20(15,18)19)2-3-13(11)17/h2-3,8,16H,4-7,9-10H2,1H3,(H2,15,18,19). The van der Waals surface area contributed by atoms with Crippen molar-refractivity contribution in [3.63, 3.8) is 0 Å². The average Bonchev–Trinajstić information content (AvgIpc) is 2.96. The van der Waals surface area contributed by atoms with Crippen molar-refractivity contribution in [2.45, 2.75) is 24.7 Å². The van der Waals surface area contributed by atoms with E-state index >= 15 is 0 Å². The van der Waals surface area contributed by atoms with Gasteiger partial charge in [-0.2, -0.15) is 0 Å². The minimum atomic E-state index is -3.60. The van der Waals surface area contributed by atoms with E-state index in [1.54, 1.807) is 12.1 Å². The third-order valence-electron chi connectivity index (χ3n) is 4.40. The molecule has 6 heteroatoms. The second-order valence-electron chi connectivity index (χ2n) is 6.24. The van der Waals surface area contributed by atoms with Crippen molar-refractivity contribution in [2.24, 2.45) is 10.6 Å². The highest BCUT2D eigenvalue weighted by Gasteiger charge is 2.33. The molecule has 0 bridgehead atoms. The number of nitrogens with one attached hydrogen (secondary N) is 1. The van der Waals surface area contributed by atoms with Crippen LogP contribution < -0.4 is 15.4 Å². The Kier molecular flexibility index (Phi) is 3.27. The van der Waals surface area contributed by atoms with Crippen LogP contribution in [0.5, 0.6) is 0 Å². The zero-order chi connectivity index (χ0) is 14.4. The van der Waals surface area contributed by atoms with E-state index in [0.29, 0.717) is 5.41 Å². The third kappa shape index (κ3) is 2.55. The van der Waals surface area contributed by atoms with Crippen LogP contribution in [0, 0.1) is 5.41 Å². The van der Waals surface area contributed by atoms with Gasteiger partial charge in [0.25, 0.3) is 0 Å². The summed E-state index contributed by atoms with van der Waals surface area (Å²) in [4.78, 5) is 2.58. The van der Waals surface area contributed by atoms with E-state index in [-0.39, 0.29) is 4.90 Å². The summed E-state index contributed by atoms with van der Waals surface area (Å²) >= 11 is 0. The van der Waals surface area contributed by atoms with Crippen LogP contribution >= 0.6 is 0 Å². The monoisotopic (exact) mass is 295 g/mol. The maximum absolute atomic E-state index is 11.4. The molecule has 3 N–H and O–H groups in total. The summed E-state index contributed by atoms with van der Waals surface area (Å²) in [6, 6.07) is 5.23. The van der Waals surface area contributed by atoms with Crippen LogP contribution in [0.25, 0.3) is 0 Å². The first-order chi connectivity index (χ1) is 9.37.